The van der Waals surface area contributed by atoms with Crippen LogP contribution in [0.3, 0.4) is 0 Å². The summed E-state index contributed by atoms with van der Waals surface area (Å²) in [4.78, 5) is -0.237. The average molecular weight is 321 g/mol. The predicted octanol–water partition coefficient (Wildman–Crippen LogP) is 3.01. The Kier molecular flexibility index (Phi) is 4.63. The predicted molar refractivity (Wildman–Crippen MR) is 73.7 cm³/mol. The minimum atomic E-state index is -4.54. The number of benzene rings is 1. The first-order valence-corrected chi connectivity index (χ1v) is 8.38. The van der Waals surface area contributed by atoms with Gasteiger partial charge in [0.1, 0.15) is 0 Å². The highest BCUT2D eigenvalue weighted by Crippen LogP contribution is 2.33. The monoisotopic (exact) mass is 321 g/mol. The number of alkyl halides is 3. The van der Waals surface area contributed by atoms with Gasteiger partial charge in [-0.25, -0.2) is 8.42 Å². The summed E-state index contributed by atoms with van der Waals surface area (Å²) in [5.41, 5.74) is -0.926. The lowest BCUT2D eigenvalue weighted by molar-refractivity contribution is -0.137. The minimum Gasteiger partial charge on any atom is -0.317 e. The second-order valence-electron chi connectivity index (χ2n) is 5.34. The molecule has 0 heterocycles. The zero-order valence-corrected chi connectivity index (χ0v) is 12.5. The molecule has 118 valence electrons. The summed E-state index contributed by atoms with van der Waals surface area (Å²) >= 11 is 0. The van der Waals surface area contributed by atoms with E-state index in [1.54, 1.807) is 7.05 Å². The van der Waals surface area contributed by atoms with Crippen LogP contribution < -0.4 is 5.32 Å². The molecule has 1 aliphatic rings. The first kappa shape index (κ1) is 16.3. The zero-order chi connectivity index (χ0) is 15.7. The molecule has 0 spiro atoms. The van der Waals surface area contributed by atoms with E-state index in [0.717, 1.165) is 31.0 Å². The summed E-state index contributed by atoms with van der Waals surface area (Å²) in [6, 6.07) is 4.11. The first-order valence-electron chi connectivity index (χ1n) is 6.83. The number of halogens is 3. The second-order valence-corrected chi connectivity index (χ2v) is 7.57. The maximum absolute atomic E-state index is 12.7. The SMILES string of the molecule is CNC1CCCC(S(=O)(=O)c2cccc(C(F)(F)F)c2)C1. The van der Waals surface area contributed by atoms with Crippen molar-refractivity contribution in [2.75, 3.05) is 7.05 Å². The summed E-state index contributed by atoms with van der Waals surface area (Å²) in [6.07, 6.45) is -1.95. The Balaban J connectivity index is 2.31. The van der Waals surface area contributed by atoms with Crippen molar-refractivity contribution in [2.24, 2.45) is 0 Å². The molecule has 0 saturated heterocycles. The molecule has 1 saturated carbocycles. The van der Waals surface area contributed by atoms with Gasteiger partial charge < -0.3 is 5.32 Å². The summed E-state index contributed by atoms with van der Waals surface area (Å²) in [5, 5.41) is 2.43. The Hall–Kier alpha value is -1.08. The van der Waals surface area contributed by atoms with Crippen LogP contribution in [-0.4, -0.2) is 26.8 Å². The van der Waals surface area contributed by atoms with Crippen LogP contribution in [-0.2, 0) is 16.0 Å². The first-order chi connectivity index (χ1) is 9.75. The molecule has 2 atom stereocenters. The van der Waals surface area contributed by atoms with Crippen LogP contribution in [0, 0.1) is 0 Å². The molecule has 21 heavy (non-hydrogen) atoms. The van der Waals surface area contributed by atoms with E-state index in [2.05, 4.69) is 5.32 Å². The van der Waals surface area contributed by atoms with E-state index in [1.165, 1.54) is 6.07 Å². The maximum atomic E-state index is 12.7. The third-order valence-electron chi connectivity index (χ3n) is 3.96. The van der Waals surface area contributed by atoms with Crippen LogP contribution in [0.15, 0.2) is 29.2 Å². The van der Waals surface area contributed by atoms with Gasteiger partial charge in [-0.15, -0.1) is 0 Å². The Morgan fingerprint density at radius 2 is 1.95 bits per heavy atom. The van der Waals surface area contributed by atoms with Gasteiger partial charge in [-0.1, -0.05) is 12.5 Å². The van der Waals surface area contributed by atoms with Crippen molar-refractivity contribution in [3.63, 3.8) is 0 Å². The highest BCUT2D eigenvalue weighted by Gasteiger charge is 2.35. The third-order valence-corrected chi connectivity index (χ3v) is 6.18. The third kappa shape index (κ3) is 3.58. The number of hydrogen-bond donors (Lipinski definition) is 1. The number of nitrogens with one attached hydrogen (secondary N) is 1. The van der Waals surface area contributed by atoms with Crippen molar-refractivity contribution in [3.8, 4) is 0 Å². The van der Waals surface area contributed by atoms with Gasteiger partial charge in [0.05, 0.1) is 15.7 Å². The lowest BCUT2D eigenvalue weighted by atomic mass is 9.95. The molecule has 1 aromatic carbocycles. The Morgan fingerprint density at radius 1 is 1.24 bits per heavy atom. The summed E-state index contributed by atoms with van der Waals surface area (Å²) in [7, 11) is -1.96. The summed E-state index contributed by atoms with van der Waals surface area (Å²) in [5.74, 6) is 0. The van der Waals surface area contributed by atoms with Crippen LogP contribution in [0.4, 0.5) is 13.2 Å². The molecule has 1 aliphatic carbocycles. The van der Waals surface area contributed by atoms with Crippen LogP contribution in [0.2, 0.25) is 0 Å². The van der Waals surface area contributed by atoms with Crippen LogP contribution in [0.5, 0.6) is 0 Å². The molecule has 2 rings (SSSR count). The average Bonchev–Trinajstić information content (AvgIpc) is 2.46. The number of sulfone groups is 1. The van der Waals surface area contributed by atoms with Crippen LogP contribution in [0.1, 0.15) is 31.2 Å². The molecule has 1 aromatic rings. The fourth-order valence-corrected chi connectivity index (χ4v) is 4.64. The lowest BCUT2D eigenvalue weighted by Gasteiger charge is -2.28. The van der Waals surface area contributed by atoms with Gasteiger partial charge in [0.15, 0.2) is 9.84 Å². The van der Waals surface area contributed by atoms with Crippen molar-refractivity contribution in [2.45, 2.75) is 48.0 Å². The van der Waals surface area contributed by atoms with Crippen LogP contribution in [0.25, 0.3) is 0 Å². The molecular formula is C14H18F3NO2S. The highest BCUT2D eigenvalue weighted by atomic mass is 32.2. The zero-order valence-electron chi connectivity index (χ0n) is 11.7. The molecule has 7 heteroatoms. The largest absolute Gasteiger partial charge is 0.416 e. The minimum absolute atomic E-state index is 0.101. The van der Waals surface area contributed by atoms with E-state index >= 15 is 0 Å². The number of hydrogen-bond acceptors (Lipinski definition) is 3. The molecule has 0 aromatic heterocycles. The van der Waals surface area contributed by atoms with Gasteiger partial charge in [-0.3, -0.25) is 0 Å². The Bertz CT molecular complexity index is 598. The highest BCUT2D eigenvalue weighted by molar-refractivity contribution is 7.92. The molecule has 1 fully saturated rings. The van der Waals surface area contributed by atoms with Crippen molar-refractivity contribution < 1.29 is 21.6 Å². The second kappa shape index (κ2) is 5.96. The lowest BCUT2D eigenvalue weighted by Crippen LogP contribution is -2.37. The van der Waals surface area contributed by atoms with Gasteiger partial charge in [-0.05, 0) is 44.5 Å². The van der Waals surface area contributed by atoms with E-state index in [9.17, 15) is 21.6 Å². The molecule has 0 amide bonds. The van der Waals surface area contributed by atoms with Gasteiger partial charge in [0, 0.05) is 6.04 Å². The van der Waals surface area contributed by atoms with E-state index in [-0.39, 0.29) is 10.9 Å². The smallest absolute Gasteiger partial charge is 0.317 e. The normalized spacial score (nSPS) is 24.0. The van der Waals surface area contributed by atoms with Crippen molar-refractivity contribution in [3.05, 3.63) is 29.8 Å². The summed E-state index contributed by atoms with van der Waals surface area (Å²) < 4.78 is 63.2. The Morgan fingerprint density at radius 3 is 2.57 bits per heavy atom. The van der Waals surface area contributed by atoms with Crippen LogP contribution >= 0.6 is 0 Å². The van der Waals surface area contributed by atoms with Crippen molar-refractivity contribution >= 4 is 9.84 Å². The topological polar surface area (TPSA) is 46.2 Å². The van der Waals surface area contributed by atoms with Gasteiger partial charge in [0.2, 0.25) is 0 Å². The molecule has 0 radical (unpaired) electrons. The van der Waals surface area contributed by atoms with E-state index < -0.39 is 26.8 Å². The standard InChI is InChI=1S/C14H18F3NO2S/c1-18-11-5-3-7-13(9-11)21(19,20)12-6-2-4-10(8-12)14(15,16)17/h2,4,6,8,11,13,18H,3,5,7,9H2,1H3. The Labute approximate surface area is 122 Å². The molecule has 0 aliphatic heterocycles. The molecule has 0 bridgehead atoms. The van der Waals surface area contributed by atoms with Crippen molar-refractivity contribution in [1.29, 1.82) is 0 Å². The van der Waals surface area contributed by atoms with E-state index in [4.69, 9.17) is 0 Å². The quantitative estimate of drug-likeness (QED) is 0.931. The summed E-state index contributed by atoms with van der Waals surface area (Å²) in [6.45, 7) is 0. The molecule has 3 nitrogen and oxygen atoms in total. The molecule has 1 N–H and O–H groups in total. The van der Waals surface area contributed by atoms with Gasteiger partial charge in [-0.2, -0.15) is 13.2 Å². The van der Waals surface area contributed by atoms with E-state index in [1.807, 2.05) is 0 Å². The van der Waals surface area contributed by atoms with Gasteiger partial charge >= 0.3 is 6.18 Å². The van der Waals surface area contributed by atoms with E-state index in [0.29, 0.717) is 12.8 Å². The molecule has 2 unspecified atom stereocenters. The van der Waals surface area contributed by atoms with Crippen molar-refractivity contribution in [1.82, 2.24) is 5.32 Å². The van der Waals surface area contributed by atoms with Gasteiger partial charge in [0.25, 0.3) is 0 Å². The fraction of sp³-hybridized carbons (Fsp3) is 0.571. The fourth-order valence-electron chi connectivity index (χ4n) is 2.73. The molecular weight excluding hydrogens is 303 g/mol. The number of rotatable bonds is 3. The maximum Gasteiger partial charge on any atom is 0.416 e.